The summed E-state index contributed by atoms with van der Waals surface area (Å²) in [5.74, 6) is -0.221. The molecule has 0 radical (unpaired) electrons. The van der Waals surface area contributed by atoms with Crippen LogP contribution in [-0.2, 0) is 6.54 Å². The van der Waals surface area contributed by atoms with Crippen LogP contribution in [0.1, 0.15) is 58.9 Å². The number of hydrogen-bond acceptors (Lipinski definition) is 6. The monoisotopic (exact) mass is 546 g/mol. The number of phenols is 1. The van der Waals surface area contributed by atoms with Gasteiger partial charge in [-0.1, -0.05) is 49.2 Å². The Labute approximate surface area is 237 Å². The number of phenolic OH excluding ortho intramolecular Hbond substituents is 1. The zero-order chi connectivity index (χ0) is 28.3. The van der Waals surface area contributed by atoms with E-state index in [1.165, 1.54) is 16.9 Å². The van der Waals surface area contributed by atoms with Gasteiger partial charge in [-0.2, -0.15) is 9.78 Å². The predicted octanol–water partition coefficient (Wildman–Crippen LogP) is 6.18. The van der Waals surface area contributed by atoms with E-state index in [0.717, 1.165) is 42.5 Å². The van der Waals surface area contributed by atoms with Gasteiger partial charge in [0.25, 0.3) is 5.91 Å². The number of rotatable bonds is 6. The van der Waals surface area contributed by atoms with Crippen LogP contribution in [0.15, 0.2) is 79.0 Å². The van der Waals surface area contributed by atoms with Crippen LogP contribution >= 0.6 is 0 Å². The minimum Gasteiger partial charge on any atom is -0.507 e. The largest absolute Gasteiger partial charge is 0.507 e. The molecule has 5 aromatic rings. The summed E-state index contributed by atoms with van der Waals surface area (Å²) < 4.78 is 1.43. The Bertz CT molecular complexity index is 1760. The first-order valence-corrected chi connectivity index (χ1v) is 13.8. The van der Waals surface area contributed by atoms with E-state index < -0.39 is 5.91 Å². The number of carbonyl (C=O) groups excluding carboxylic acids is 2. The number of hydrogen-bond donors (Lipinski definition) is 3. The molecule has 3 N–H and O–H groups in total. The molecule has 0 unspecified atom stereocenters. The second-order valence-electron chi connectivity index (χ2n) is 10.4. The second kappa shape index (κ2) is 11.2. The molecule has 2 aromatic heterocycles. The van der Waals surface area contributed by atoms with Crippen molar-refractivity contribution in [3.63, 3.8) is 0 Å². The summed E-state index contributed by atoms with van der Waals surface area (Å²) in [5, 5.41) is 21.2. The molecule has 0 atom stereocenters. The molecule has 206 valence electrons. The second-order valence-corrected chi connectivity index (χ2v) is 10.4. The van der Waals surface area contributed by atoms with Crippen LogP contribution in [-0.4, -0.2) is 36.8 Å². The van der Waals surface area contributed by atoms with E-state index in [9.17, 15) is 14.7 Å². The summed E-state index contributed by atoms with van der Waals surface area (Å²) in [6.07, 6.45) is 5.58. The summed E-state index contributed by atoms with van der Waals surface area (Å²) in [6.45, 7) is 2.40. The Morgan fingerprint density at radius 3 is 2.54 bits per heavy atom. The minimum atomic E-state index is -0.423. The van der Waals surface area contributed by atoms with Crippen LogP contribution in [0.4, 0.5) is 10.5 Å². The molecule has 1 aliphatic carbocycles. The van der Waals surface area contributed by atoms with E-state index in [0.29, 0.717) is 34.5 Å². The highest BCUT2D eigenvalue weighted by molar-refractivity contribution is 6.04. The number of nitrogens with zero attached hydrogens (tertiary/aromatic N) is 4. The molecule has 1 saturated carbocycles. The Morgan fingerprint density at radius 1 is 0.976 bits per heavy atom. The van der Waals surface area contributed by atoms with Crippen molar-refractivity contribution < 1.29 is 14.7 Å². The maximum absolute atomic E-state index is 13.4. The van der Waals surface area contributed by atoms with E-state index >= 15 is 0 Å². The molecule has 2 amide bonds. The lowest BCUT2D eigenvalue weighted by Crippen LogP contribution is -2.31. The van der Waals surface area contributed by atoms with Crippen LogP contribution in [0.5, 0.6) is 5.75 Å². The number of aryl methyl sites for hydroxylation is 1. The van der Waals surface area contributed by atoms with Gasteiger partial charge in [-0.15, -0.1) is 0 Å². The molecule has 3 aromatic carbocycles. The highest BCUT2D eigenvalue weighted by Crippen LogP contribution is 2.38. The molecule has 6 rings (SSSR count). The average molecular weight is 547 g/mol. The number of carbonyl (C=O) groups is 2. The number of nitrogens with one attached hydrogen (secondary N) is 2. The summed E-state index contributed by atoms with van der Waals surface area (Å²) in [5.41, 5.74) is 5.78. The van der Waals surface area contributed by atoms with Crippen molar-refractivity contribution in [3.8, 4) is 17.0 Å². The highest BCUT2D eigenvalue weighted by atomic mass is 16.3. The molecule has 0 aliphatic heterocycles. The van der Waals surface area contributed by atoms with Crippen molar-refractivity contribution in [1.29, 1.82) is 0 Å². The van der Waals surface area contributed by atoms with Crippen molar-refractivity contribution in [2.24, 2.45) is 0 Å². The van der Waals surface area contributed by atoms with E-state index in [1.807, 2.05) is 55.5 Å². The van der Waals surface area contributed by atoms with Crippen molar-refractivity contribution in [2.75, 3.05) is 5.32 Å². The summed E-state index contributed by atoms with van der Waals surface area (Å²) in [4.78, 5) is 35.1. The number of fused-ring (bicyclic) bond motifs is 1. The summed E-state index contributed by atoms with van der Waals surface area (Å²) in [7, 11) is 0. The number of aromatic nitrogens is 4. The number of anilines is 1. The lowest BCUT2D eigenvalue weighted by molar-refractivity contribution is 0.102. The lowest BCUT2D eigenvalue weighted by Gasteiger charge is -2.13. The van der Waals surface area contributed by atoms with Gasteiger partial charge in [-0.05, 0) is 67.3 Å². The SMILES string of the molecule is Cc1ccccc1CNC(=O)n1nc(-c2cc(NC(=O)c3cnc4ccccc4n3)ccc2O)cc1C1CCCC1. The van der Waals surface area contributed by atoms with Gasteiger partial charge >= 0.3 is 6.03 Å². The summed E-state index contributed by atoms with van der Waals surface area (Å²) >= 11 is 0. The normalized spacial score (nSPS) is 13.4. The van der Waals surface area contributed by atoms with E-state index in [4.69, 9.17) is 0 Å². The smallest absolute Gasteiger partial charge is 0.342 e. The van der Waals surface area contributed by atoms with Gasteiger partial charge in [-0.3, -0.25) is 9.78 Å². The van der Waals surface area contributed by atoms with Gasteiger partial charge in [0.2, 0.25) is 0 Å². The Balaban J connectivity index is 1.27. The quantitative estimate of drug-likeness (QED) is 0.219. The van der Waals surface area contributed by atoms with Gasteiger partial charge in [0, 0.05) is 23.7 Å². The number of benzene rings is 3. The van der Waals surface area contributed by atoms with Crippen LogP contribution in [0.3, 0.4) is 0 Å². The maximum Gasteiger partial charge on any atom is 0.342 e. The zero-order valence-electron chi connectivity index (χ0n) is 22.7. The van der Waals surface area contributed by atoms with Gasteiger partial charge in [0.05, 0.1) is 28.6 Å². The van der Waals surface area contributed by atoms with Gasteiger partial charge in [0.1, 0.15) is 11.4 Å². The topological polar surface area (TPSA) is 122 Å². The molecule has 2 heterocycles. The number of amides is 2. The fraction of sp³-hybridized carbons (Fsp3) is 0.219. The molecular formula is C32H30N6O3. The van der Waals surface area contributed by atoms with Crippen molar-refractivity contribution in [2.45, 2.75) is 45.1 Å². The van der Waals surface area contributed by atoms with Crippen LogP contribution in [0.25, 0.3) is 22.3 Å². The first kappa shape index (κ1) is 26.2. The molecule has 0 saturated heterocycles. The zero-order valence-corrected chi connectivity index (χ0v) is 22.7. The Kier molecular flexibility index (Phi) is 7.16. The first-order chi connectivity index (χ1) is 20.0. The molecule has 9 nitrogen and oxygen atoms in total. The molecular weight excluding hydrogens is 516 g/mol. The molecule has 9 heteroatoms. The van der Waals surface area contributed by atoms with Gasteiger partial charge < -0.3 is 15.7 Å². The van der Waals surface area contributed by atoms with Crippen LogP contribution < -0.4 is 10.6 Å². The third kappa shape index (κ3) is 5.51. The van der Waals surface area contributed by atoms with Gasteiger partial charge in [-0.25, -0.2) is 9.78 Å². The third-order valence-corrected chi connectivity index (χ3v) is 7.61. The average Bonchev–Trinajstić information content (AvgIpc) is 3.68. The van der Waals surface area contributed by atoms with E-state index in [-0.39, 0.29) is 23.4 Å². The Morgan fingerprint density at radius 2 is 1.73 bits per heavy atom. The molecule has 1 aliphatic rings. The maximum atomic E-state index is 13.4. The standard InChI is InChI=1S/C32H30N6O3/c1-20-8-2-3-11-22(20)18-34-32(41)38-29(21-9-4-5-10-21)17-27(37-38)24-16-23(14-15-30(24)39)35-31(40)28-19-33-25-12-6-7-13-26(25)36-28/h2-3,6-8,11-17,19,21,39H,4-5,9-10,18H2,1H3,(H,34,41)(H,35,40). The highest BCUT2D eigenvalue weighted by Gasteiger charge is 2.26. The van der Waals surface area contributed by atoms with Crippen LogP contribution in [0.2, 0.25) is 0 Å². The van der Waals surface area contributed by atoms with E-state index in [1.54, 1.807) is 18.2 Å². The molecule has 0 spiro atoms. The fourth-order valence-electron chi connectivity index (χ4n) is 5.34. The number of aromatic hydroxyl groups is 1. The molecule has 0 bridgehead atoms. The van der Waals surface area contributed by atoms with Gasteiger partial charge in [0.15, 0.2) is 0 Å². The van der Waals surface area contributed by atoms with Crippen molar-refractivity contribution in [1.82, 2.24) is 25.1 Å². The first-order valence-electron chi connectivity index (χ1n) is 13.8. The molecule has 1 fully saturated rings. The van der Waals surface area contributed by atoms with Crippen molar-refractivity contribution in [3.05, 3.63) is 102 Å². The van der Waals surface area contributed by atoms with Crippen molar-refractivity contribution >= 4 is 28.7 Å². The molecule has 41 heavy (non-hydrogen) atoms. The third-order valence-electron chi connectivity index (χ3n) is 7.61. The lowest BCUT2D eigenvalue weighted by atomic mass is 10.0. The van der Waals surface area contributed by atoms with Crippen LogP contribution in [0, 0.1) is 6.92 Å². The predicted molar refractivity (Wildman–Crippen MR) is 157 cm³/mol. The summed E-state index contributed by atoms with van der Waals surface area (Å²) in [6, 6.07) is 21.6. The number of para-hydroxylation sites is 2. The fourth-order valence-corrected chi connectivity index (χ4v) is 5.34. The Hall–Kier alpha value is -5.05. The van der Waals surface area contributed by atoms with E-state index in [2.05, 4.69) is 25.7 Å². The minimum absolute atomic E-state index is 0.00330.